The fourth-order valence-electron chi connectivity index (χ4n) is 4.86. The number of nitrogens with zero attached hydrogens (tertiary/aromatic N) is 5. The highest BCUT2D eigenvalue weighted by molar-refractivity contribution is 9.10. The van der Waals surface area contributed by atoms with Gasteiger partial charge >= 0.3 is 29.4 Å². The first kappa shape index (κ1) is 37.9. The predicted molar refractivity (Wildman–Crippen MR) is 156 cm³/mol. The Morgan fingerprint density at radius 2 is 1.63 bits per heavy atom. The average Bonchev–Trinajstić information content (AvgIpc) is 3.60. The molecule has 2 aliphatic heterocycles. The number of carbonyl (C=O) groups is 1. The van der Waals surface area contributed by atoms with Crippen LogP contribution in [-0.2, 0) is 41.1 Å². The van der Waals surface area contributed by atoms with Crippen LogP contribution in [0.2, 0.25) is 0 Å². The molecule has 270 valence electrons. The molecule has 2 aliphatic rings. The number of carboxylic acid groups (broad SMARTS) is 1. The molecule has 0 radical (unpaired) electrons. The minimum Gasteiger partial charge on any atom is -0.477 e. The van der Waals surface area contributed by atoms with Gasteiger partial charge in [0, 0.05) is 6.07 Å². The van der Waals surface area contributed by atoms with Crippen molar-refractivity contribution in [3.05, 3.63) is 41.2 Å². The van der Waals surface area contributed by atoms with E-state index in [-0.39, 0.29) is 27.3 Å². The van der Waals surface area contributed by atoms with E-state index in [0.29, 0.717) is 0 Å². The van der Waals surface area contributed by atoms with Crippen LogP contribution in [0.4, 0.5) is 5.82 Å². The number of aliphatic hydroxyl groups is 3. The quantitative estimate of drug-likeness (QED) is 0.0536. The van der Waals surface area contributed by atoms with Crippen LogP contribution in [-0.4, -0.2) is 115 Å². The number of aromatic nitrogens is 5. The molecule has 5 rings (SSSR count). The lowest BCUT2D eigenvalue weighted by Gasteiger charge is -2.20. The van der Waals surface area contributed by atoms with Gasteiger partial charge in [-0.3, -0.25) is 18.1 Å². The Balaban J connectivity index is 1.21. The summed E-state index contributed by atoms with van der Waals surface area (Å²) in [7, 11) is -16.4. The number of fused-ring (bicyclic) bond motifs is 1. The second kappa shape index (κ2) is 14.3. The summed E-state index contributed by atoms with van der Waals surface area (Å²) in [6, 6.07) is 2.43. The highest BCUT2D eigenvalue weighted by Crippen LogP contribution is 2.61. The van der Waals surface area contributed by atoms with Crippen molar-refractivity contribution in [2.24, 2.45) is 0 Å². The van der Waals surface area contributed by atoms with Gasteiger partial charge in [0.2, 0.25) is 0 Å². The van der Waals surface area contributed by atoms with Crippen molar-refractivity contribution in [1.82, 2.24) is 19.5 Å². The molecule has 2 saturated heterocycles. The Morgan fingerprint density at radius 3 is 2.24 bits per heavy atom. The van der Waals surface area contributed by atoms with E-state index in [9.17, 15) is 58.5 Å². The average molecular weight is 824 g/mol. The standard InChI is InChI=1S/C21H26BrN6O18P3/c22-21-26-11-16(23)24-7-25-17(11)28(21)18-14(31)12(29)9(43-18)5-41-48(37,38)46-49(39,40)42-6-10-13(30)15(45-47(34,35)36)19(44-10)27-3-1-2-8(4-27)20(32)33/h1-4,7,9-10,12-15,18-19,29-31H,5-6H2,(H6-,23,24,25,32,33,34,35,36,37,38,39,40)/p+1. The van der Waals surface area contributed by atoms with Crippen LogP contribution >= 0.6 is 39.4 Å². The third-order valence-electron chi connectivity index (χ3n) is 7.00. The number of pyridine rings is 1. The molecule has 10 atom stereocenters. The largest absolute Gasteiger partial charge is 0.481 e. The van der Waals surface area contributed by atoms with Crippen LogP contribution in [0.15, 0.2) is 35.6 Å². The van der Waals surface area contributed by atoms with Crippen molar-refractivity contribution in [2.75, 3.05) is 18.9 Å². The van der Waals surface area contributed by atoms with Crippen molar-refractivity contribution in [3.63, 3.8) is 0 Å². The van der Waals surface area contributed by atoms with E-state index in [0.717, 1.165) is 17.1 Å². The zero-order chi connectivity index (χ0) is 36.1. The molecule has 10 N–H and O–H groups in total. The number of nitrogens with two attached hydrogens (primary N) is 1. The molecule has 3 aromatic rings. The number of phosphoric ester groups is 3. The van der Waals surface area contributed by atoms with Crippen molar-refractivity contribution < 1.29 is 90.4 Å². The lowest BCUT2D eigenvalue weighted by atomic mass is 10.1. The zero-order valence-corrected chi connectivity index (χ0v) is 28.4. The Bertz CT molecular complexity index is 1860. The molecule has 0 bridgehead atoms. The van der Waals surface area contributed by atoms with Crippen LogP contribution in [0.3, 0.4) is 0 Å². The number of aromatic carboxylic acids is 1. The molecule has 49 heavy (non-hydrogen) atoms. The summed E-state index contributed by atoms with van der Waals surface area (Å²) in [6.07, 6.45) is -10.2. The maximum absolute atomic E-state index is 12.6. The lowest BCUT2D eigenvalue weighted by molar-refractivity contribution is -0.765. The van der Waals surface area contributed by atoms with Crippen molar-refractivity contribution in [2.45, 2.75) is 49.1 Å². The van der Waals surface area contributed by atoms with Crippen LogP contribution in [0.1, 0.15) is 22.8 Å². The molecule has 28 heteroatoms. The van der Waals surface area contributed by atoms with Gasteiger partial charge in [-0.15, -0.1) is 0 Å². The molecule has 10 unspecified atom stereocenters. The van der Waals surface area contributed by atoms with Crippen LogP contribution in [0.25, 0.3) is 11.2 Å². The van der Waals surface area contributed by atoms with E-state index in [4.69, 9.17) is 19.7 Å². The van der Waals surface area contributed by atoms with Gasteiger partial charge < -0.3 is 55.2 Å². The van der Waals surface area contributed by atoms with Crippen LogP contribution in [0, 0.1) is 0 Å². The van der Waals surface area contributed by atoms with Gasteiger partial charge in [-0.2, -0.15) is 8.88 Å². The fourth-order valence-corrected chi connectivity index (χ4v) is 8.05. The maximum atomic E-state index is 12.6. The normalized spacial score (nSPS) is 30.0. The van der Waals surface area contributed by atoms with Crippen molar-refractivity contribution in [1.29, 1.82) is 0 Å². The summed E-state index contributed by atoms with van der Waals surface area (Å²) in [5.74, 6) is -1.38. The Labute approximate surface area is 281 Å². The summed E-state index contributed by atoms with van der Waals surface area (Å²) in [5.41, 5.74) is 5.73. The number of nitrogen functional groups attached to an aromatic ring is 1. The van der Waals surface area contributed by atoms with E-state index in [1.54, 1.807) is 0 Å². The van der Waals surface area contributed by atoms with Gasteiger partial charge in [0.05, 0.1) is 13.2 Å². The molecule has 5 heterocycles. The molecule has 24 nitrogen and oxygen atoms in total. The molecule has 0 spiro atoms. The van der Waals surface area contributed by atoms with E-state index < -0.39 is 91.7 Å². The highest BCUT2D eigenvalue weighted by atomic mass is 79.9. The topological polar surface area (TPSA) is 359 Å². The maximum Gasteiger partial charge on any atom is 0.481 e. The van der Waals surface area contributed by atoms with Gasteiger partial charge in [0.15, 0.2) is 46.4 Å². The first-order valence-corrected chi connectivity index (χ1v) is 18.7. The summed E-state index contributed by atoms with van der Waals surface area (Å²) in [4.78, 5) is 62.2. The van der Waals surface area contributed by atoms with E-state index in [1.807, 2.05) is 0 Å². The summed E-state index contributed by atoms with van der Waals surface area (Å²) in [5, 5.41) is 41.0. The minimum absolute atomic E-state index is 0.00101. The van der Waals surface area contributed by atoms with Gasteiger partial charge in [-0.25, -0.2) is 33.4 Å². The number of hydrogen-bond acceptors (Lipinski definition) is 17. The van der Waals surface area contributed by atoms with Gasteiger partial charge in [-0.1, -0.05) is 0 Å². The number of anilines is 1. The van der Waals surface area contributed by atoms with Crippen LogP contribution in [0.5, 0.6) is 0 Å². The second-order valence-corrected chi connectivity index (χ2v) is 15.2. The van der Waals surface area contributed by atoms with E-state index in [1.165, 1.54) is 22.9 Å². The lowest BCUT2D eigenvalue weighted by Crippen LogP contribution is -2.47. The highest BCUT2D eigenvalue weighted by Gasteiger charge is 2.54. The Morgan fingerprint density at radius 1 is 1.00 bits per heavy atom. The first-order valence-electron chi connectivity index (χ1n) is 13.4. The number of carboxylic acids is 1. The molecular formula is C21H27BrN6O18P3+. The molecular weight excluding hydrogens is 797 g/mol. The van der Waals surface area contributed by atoms with Gasteiger partial charge in [-0.05, 0) is 22.0 Å². The third kappa shape index (κ3) is 8.57. The van der Waals surface area contributed by atoms with Gasteiger partial charge in [0.1, 0.15) is 42.4 Å². The minimum atomic E-state index is -5.55. The fraction of sp³-hybridized carbons (Fsp3) is 0.476. The molecule has 0 saturated carbocycles. The third-order valence-corrected chi connectivity index (χ3v) is 10.7. The molecule has 3 aromatic heterocycles. The predicted octanol–water partition coefficient (Wildman–Crippen LogP) is -1.54. The zero-order valence-electron chi connectivity index (χ0n) is 24.1. The summed E-state index contributed by atoms with van der Waals surface area (Å²) in [6.45, 7) is -2.09. The molecule has 0 aliphatic carbocycles. The Hall–Kier alpha value is -2.38. The summed E-state index contributed by atoms with van der Waals surface area (Å²) < 4.78 is 68.3. The smallest absolute Gasteiger partial charge is 0.477 e. The van der Waals surface area contributed by atoms with Crippen molar-refractivity contribution in [3.8, 4) is 0 Å². The van der Waals surface area contributed by atoms with Gasteiger partial charge in [0.25, 0.3) is 6.23 Å². The number of imidazole rings is 1. The van der Waals surface area contributed by atoms with E-state index in [2.05, 4.69) is 44.2 Å². The van der Waals surface area contributed by atoms with Crippen molar-refractivity contribution >= 4 is 62.3 Å². The van der Waals surface area contributed by atoms with E-state index >= 15 is 0 Å². The Kier molecular flexibility index (Phi) is 11.1. The molecule has 2 fully saturated rings. The number of ether oxygens (including phenoxy) is 2. The summed E-state index contributed by atoms with van der Waals surface area (Å²) >= 11 is 3.17. The first-order chi connectivity index (χ1) is 22.8. The number of halogens is 1. The monoisotopic (exact) mass is 823 g/mol. The number of phosphoric acid groups is 3. The molecule has 0 aromatic carbocycles. The molecule has 0 amide bonds. The number of hydrogen-bond donors (Lipinski definition) is 9. The number of rotatable bonds is 13. The SMILES string of the molecule is Nc1ncnc2c1nc(Br)n2C1OC(COP(=O)(O)OP(=O)(O)OCC2OC([n+]3cccc(C(=O)O)c3)C(OP(=O)(O)O)C2O)C(O)C1O. The second-order valence-electron chi connectivity index (χ2n) is 10.3. The van der Waals surface area contributed by atoms with Crippen LogP contribution < -0.4 is 10.3 Å². The number of aliphatic hydroxyl groups excluding tert-OH is 3.